The zero-order valence-corrected chi connectivity index (χ0v) is 21.3. The molecule has 202 valence electrons. The Morgan fingerprint density at radius 1 is 1.08 bits per heavy atom. The molecule has 4 heterocycles. The van der Waals surface area contributed by atoms with Crippen molar-refractivity contribution in [1.29, 1.82) is 0 Å². The number of likely N-dealkylation sites (tertiary alicyclic amines) is 1. The number of rotatable bonds is 4. The summed E-state index contributed by atoms with van der Waals surface area (Å²) in [6.45, 7) is 4.35. The summed E-state index contributed by atoms with van der Waals surface area (Å²) in [5.41, 5.74) is -0.625. The first kappa shape index (κ1) is 26.0. The minimum Gasteiger partial charge on any atom is -0.382 e. The third-order valence-electron chi connectivity index (χ3n) is 7.54. The number of carbonyl (C=O) groups is 1. The zero-order valence-electron chi connectivity index (χ0n) is 21.3. The number of aromatic nitrogens is 5. The van der Waals surface area contributed by atoms with Gasteiger partial charge in [-0.15, -0.1) is 10.2 Å². The Balaban J connectivity index is 1.35. The lowest BCUT2D eigenvalue weighted by atomic mass is 9.90. The second kappa shape index (κ2) is 10.2. The number of aliphatic hydroxyl groups is 1. The molecule has 12 heteroatoms. The molecule has 0 radical (unpaired) electrons. The molecular formula is C26H31F2N7O3. The molecule has 3 N–H and O–H groups in total. The maximum atomic E-state index is 14.7. The van der Waals surface area contributed by atoms with Crippen molar-refractivity contribution >= 4 is 6.03 Å². The molecule has 0 aliphatic carbocycles. The van der Waals surface area contributed by atoms with Crippen LogP contribution in [0.1, 0.15) is 80.2 Å². The second-order valence-electron chi connectivity index (χ2n) is 10.6. The van der Waals surface area contributed by atoms with Crippen molar-refractivity contribution in [2.24, 2.45) is 0 Å². The molecule has 0 saturated carbocycles. The highest BCUT2D eigenvalue weighted by atomic mass is 19.2. The number of halogens is 2. The topological polar surface area (TPSA) is 129 Å². The van der Waals surface area contributed by atoms with E-state index in [1.165, 1.54) is 6.07 Å². The molecule has 2 aromatic heterocycles. The van der Waals surface area contributed by atoms with Gasteiger partial charge in [0.25, 0.3) is 5.56 Å². The van der Waals surface area contributed by atoms with Crippen molar-refractivity contribution in [3.05, 3.63) is 75.2 Å². The Kier molecular flexibility index (Phi) is 6.99. The van der Waals surface area contributed by atoms with E-state index in [0.717, 1.165) is 6.07 Å². The lowest BCUT2D eigenvalue weighted by Crippen LogP contribution is -2.46. The molecule has 38 heavy (non-hydrogen) atoms. The third-order valence-corrected chi connectivity index (χ3v) is 7.54. The predicted molar refractivity (Wildman–Crippen MR) is 133 cm³/mol. The van der Waals surface area contributed by atoms with E-state index in [0.29, 0.717) is 56.0 Å². The first-order valence-electron chi connectivity index (χ1n) is 12.8. The van der Waals surface area contributed by atoms with Gasteiger partial charge in [0, 0.05) is 37.3 Å². The average Bonchev–Trinajstić information content (AvgIpc) is 3.24. The van der Waals surface area contributed by atoms with Crippen molar-refractivity contribution < 1.29 is 18.7 Å². The highest BCUT2D eigenvalue weighted by Crippen LogP contribution is 2.36. The molecule has 0 spiro atoms. The Labute approximate surface area is 218 Å². The van der Waals surface area contributed by atoms with Gasteiger partial charge in [-0.2, -0.15) is 5.10 Å². The van der Waals surface area contributed by atoms with Crippen LogP contribution in [0.5, 0.6) is 0 Å². The maximum Gasteiger partial charge on any atom is 0.317 e. The summed E-state index contributed by atoms with van der Waals surface area (Å²) >= 11 is 0. The number of nitrogens with zero attached hydrogens (tertiary/aromatic N) is 5. The molecule has 3 aromatic rings. The summed E-state index contributed by atoms with van der Waals surface area (Å²) in [4.78, 5) is 27.1. The van der Waals surface area contributed by atoms with Crippen molar-refractivity contribution in [3.63, 3.8) is 0 Å². The van der Waals surface area contributed by atoms with E-state index in [1.807, 2.05) is 0 Å². The van der Waals surface area contributed by atoms with Crippen LogP contribution in [-0.4, -0.2) is 54.1 Å². The first-order valence-corrected chi connectivity index (χ1v) is 12.8. The van der Waals surface area contributed by atoms with Crippen LogP contribution in [0.2, 0.25) is 0 Å². The van der Waals surface area contributed by atoms with E-state index in [2.05, 4.69) is 25.7 Å². The number of amides is 2. The minimum atomic E-state index is -1.33. The van der Waals surface area contributed by atoms with E-state index in [1.54, 1.807) is 41.6 Å². The van der Waals surface area contributed by atoms with Crippen molar-refractivity contribution in [2.75, 3.05) is 13.1 Å². The normalized spacial score (nSPS) is 20.6. The van der Waals surface area contributed by atoms with Crippen LogP contribution in [-0.2, 0) is 12.1 Å². The Hall–Kier alpha value is -3.67. The quantitative estimate of drug-likeness (QED) is 0.478. The number of piperidine rings is 1. The van der Waals surface area contributed by atoms with Gasteiger partial charge in [0.05, 0.1) is 6.04 Å². The number of hydrogen-bond acceptors (Lipinski definition) is 6. The van der Waals surface area contributed by atoms with Gasteiger partial charge in [0.15, 0.2) is 23.3 Å². The van der Waals surface area contributed by atoms with Gasteiger partial charge in [0.1, 0.15) is 5.60 Å². The van der Waals surface area contributed by atoms with E-state index >= 15 is 0 Å². The number of aromatic amines is 1. The molecule has 0 unspecified atom stereocenters. The standard InChI is InChI=1S/C26H31F2N7O3/c1-26(2,38)24-33-31-22-20(7-6-16(14-35(22)24)17-4-3-5-19(27)21(17)28)30-25(37)34-12-9-15(10-13-34)18-8-11-29-32-23(18)36/h3-5,8,11,15-16,20,38H,6-7,9-10,12-14H2,1-2H3,(H,30,37)(H,32,36)/t16-,20-/m1/s1. The molecule has 5 rings (SSSR count). The summed E-state index contributed by atoms with van der Waals surface area (Å²) in [5.74, 6) is -1.41. The fourth-order valence-corrected chi connectivity index (χ4v) is 5.55. The third kappa shape index (κ3) is 5.04. The van der Waals surface area contributed by atoms with E-state index in [-0.39, 0.29) is 29.6 Å². The van der Waals surface area contributed by atoms with Crippen molar-refractivity contribution in [1.82, 2.24) is 35.2 Å². The number of benzene rings is 1. The first-order chi connectivity index (χ1) is 18.1. The molecule has 1 fully saturated rings. The number of carbonyl (C=O) groups excluding carboxylic acids is 1. The Morgan fingerprint density at radius 2 is 1.84 bits per heavy atom. The molecule has 1 saturated heterocycles. The predicted octanol–water partition coefficient (Wildman–Crippen LogP) is 3.07. The van der Waals surface area contributed by atoms with Gasteiger partial charge in [-0.3, -0.25) is 4.79 Å². The lowest BCUT2D eigenvalue weighted by molar-refractivity contribution is 0.0637. The number of fused-ring (bicyclic) bond motifs is 1. The number of nitrogens with one attached hydrogen (secondary N) is 2. The highest BCUT2D eigenvalue weighted by Gasteiger charge is 2.36. The fourth-order valence-electron chi connectivity index (χ4n) is 5.55. The van der Waals surface area contributed by atoms with Crippen LogP contribution in [0.4, 0.5) is 13.6 Å². The number of H-pyrrole nitrogens is 1. The molecule has 2 aliphatic rings. The summed E-state index contributed by atoms with van der Waals surface area (Å²) in [5, 5.41) is 28.5. The summed E-state index contributed by atoms with van der Waals surface area (Å²) in [6, 6.07) is 5.04. The summed E-state index contributed by atoms with van der Waals surface area (Å²) in [7, 11) is 0. The largest absolute Gasteiger partial charge is 0.382 e. The summed E-state index contributed by atoms with van der Waals surface area (Å²) < 4.78 is 30.5. The lowest BCUT2D eigenvalue weighted by Gasteiger charge is -2.33. The van der Waals surface area contributed by atoms with E-state index in [4.69, 9.17) is 0 Å². The van der Waals surface area contributed by atoms with Crippen LogP contribution >= 0.6 is 0 Å². The van der Waals surface area contributed by atoms with Crippen LogP contribution in [0.15, 0.2) is 35.3 Å². The molecule has 10 nitrogen and oxygen atoms in total. The Morgan fingerprint density at radius 3 is 2.55 bits per heavy atom. The molecule has 2 amide bonds. The fraction of sp³-hybridized carbons (Fsp3) is 0.500. The minimum absolute atomic E-state index is 0.0445. The monoisotopic (exact) mass is 527 g/mol. The van der Waals surface area contributed by atoms with Gasteiger partial charge in [-0.05, 0) is 63.1 Å². The van der Waals surface area contributed by atoms with Crippen LogP contribution in [0, 0.1) is 11.6 Å². The summed E-state index contributed by atoms with van der Waals surface area (Å²) in [6.07, 6.45) is 3.74. The molecule has 0 bridgehead atoms. The van der Waals surface area contributed by atoms with Crippen LogP contribution in [0.25, 0.3) is 0 Å². The van der Waals surface area contributed by atoms with Gasteiger partial charge in [-0.25, -0.2) is 18.7 Å². The van der Waals surface area contributed by atoms with Crippen molar-refractivity contribution in [3.8, 4) is 0 Å². The van der Waals surface area contributed by atoms with E-state index < -0.39 is 29.2 Å². The van der Waals surface area contributed by atoms with Crippen molar-refractivity contribution in [2.45, 2.75) is 69.6 Å². The molecule has 2 atom stereocenters. The van der Waals surface area contributed by atoms with E-state index in [9.17, 15) is 23.5 Å². The highest BCUT2D eigenvalue weighted by molar-refractivity contribution is 5.74. The molecule has 2 aliphatic heterocycles. The zero-order chi connectivity index (χ0) is 27.0. The average molecular weight is 528 g/mol. The van der Waals surface area contributed by atoms with Crippen LogP contribution < -0.4 is 10.9 Å². The smallest absolute Gasteiger partial charge is 0.317 e. The van der Waals surface area contributed by atoms with Gasteiger partial charge < -0.3 is 19.9 Å². The molecule has 1 aromatic carbocycles. The van der Waals surface area contributed by atoms with Gasteiger partial charge >= 0.3 is 6.03 Å². The second-order valence-corrected chi connectivity index (χ2v) is 10.6. The maximum absolute atomic E-state index is 14.7. The van der Waals surface area contributed by atoms with Gasteiger partial charge in [-0.1, -0.05) is 12.1 Å². The Bertz CT molecular complexity index is 1380. The number of hydrogen-bond donors (Lipinski definition) is 3. The molecular weight excluding hydrogens is 496 g/mol. The number of urea groups is 1. The SMILES string of the molecule is CC(C)(O)c1nnc2n1C[C@H](c1cccc(F)c1F)CC[C@H]2NC(=O)N1CCC(c2ccn[nH]c2=O)CC1. The van der Waals surface area contributed by atoms with Gasteiger partial charge in [0.2, 0.25) is 0 Å². The van der Waals surface area contributed by atoms with Crippen LogP contribution in [0.3, 0.4) is 0 Å².